The van der Waals surface area contributed by atoms with Crippen molar-refractivity contribution in [1.29, 1.82) is 0 Å². The second kappa shape index (κ2) is 8.60. The minimum atomic E-state index is -0.846. The molecular weight excluding hydrogens is 348 g/mol. The predicted molar refractivity (Wildman–Crippen MR) is 104 cm³/mol. The number of pyridine rings is 1. The Morgan fingerprint density at radius 2 is 2.08 bits per heavy atom. The Kier molecular flexibility index (Phi) is 6.21. The molecule has 1 fully saturated rings. The van der Waals surface area contributed by atoms with Gasteiger partial charge in [-0.3, -0.25) is 9.69 Å². The van der Waals surface area contributed by atoms with Crippen LogP contribution < -0.4 is 4.90 Å². The number of piperidine rings is 1. The number of anilines is 1. The van der Waals surface area contributed by atoms with Gasteiger partial charge in [0.15, 0.2) is 0 Å². The second-order valence-corrected chi connectivity index (χ2v) is 7.77. The SMILES string of the molecule is Cc1ncsc1CCN(C)[C@H](C(=O)O)c1ccc(N2CCCCC2)nc1. The fraction of sp³-hybridized carbons (Fsp3) is 0.526. The van der Waals surface area contributed by atoms with E-state index in [1.165, 1.54) is 24.1 Å². The summed E-state index contributed by atoms with van der Waals surface area (Å²) >= 11 is 1.62. The van der Waals surface area contributed by atoms with Gasteiger partial charge in [-0.2, -0.15) is 0 Å². The molecule has 3 rings (SSSR count). The number of aliphatic carboxylic acids is 1. The second-order valence-electron chi connectivity index (χ2n) is 6.83. The minimum Gasteiger partial charge on any atom is -0.480 e. The van der Waals surface area contributed by atoms with Gasteiger partial charge in [0.1, 0.15) is 11.9 Å². The standard InChI is InChI=1S/C19H26N4O2S/c1-14-16(26-13-21-14)8-11-22(2)18(19(24)25)15-6-7-17(20-12-15)23-9-4-3-5-10-23/h6-7,12-13,18H,3-5,8-11H2,1-2H3,(H,24,25)/t18-/m0/s1. The van der Waals surface area contributed by atoms with Gasteiger partial charge >= 0.3 is 5.97 Å². The molecule has 26 heavy (non-hydrogen) atoms. The third kappa shape index (κ3) is 4.40. The lowest BCUT2D eigenvalue weighted by Gasteiger charge is -2.28. The number of nitrogens with zero attached hydrogens (tertiary/aromatic N) is 4. The molecule has 2 aromatic rings. The van der Waals surface area contributed by atoms with E-state index in [2.05, 4.69) is 14.9 Å². The zero-order valence-electron chi connectivity index (χ0n) is 15.4. The van der Waals surface area contributed by atoms with Crippen molar-refractivity contribution in [3.63, 3.8) is 0 Å². The van der Waals surface area contributed by atoms with Crippen LogP contribution in [0.15, 0.2) is 23.8 Å². The van der Waals surface area contributed by atoms with Crippen LogP contribution in [0.25, 0.3) is 0 Å². The van der Waals surface area contributed by atoms with E-state index >= 15 is 0 Å². The molecule has 1 N–H and O–H groups in total. The Labute approximate surface area is 158 Å². The monoisotopic (exact) mass is 374 g/mol. The Morgan fingerprint density at radius 1 is 1.31 bits per heavy atom. The van der Waals surface area contributed by atoms with Crippen LogP contribution in [0.3, 0.4) is 0 Å². The average Bonchev–Trinajstić information content (AvgIpc) is 3.06. The topological polar surface area (TPSA) is 69.6 Å². The summed E-state index contributed by atoms with van der Waals surface area (Å²) in [6.45, 7) is 4.71. The molecule has 2 aromatic heterocycles. The van der Waals surface area contributed by atoms with Gasteiger partial charge in [0.05, 0.1) is 11.2 Å². The van der Waals surface area contributed by atoms with E-state index in [1.807, 2.05) is 36.5 Å². The minimum absolute atomic E-state index is 0.661. The number of rotatable bonds is 7. The number of carbonyl (C=O) groups is 1. The summed E-state index contributed by atoms with van der Waals surface area (Å²) in [5.41, 5.74) is 3.59. The highest BCUT2D eigenvalue weighted by molar-refractivity contribution is 7.09. The zero-order valence-corrected chi connectivity index (χ0v) is 16.2. The lowest BCUT2D eigenvalue weighted by atomic mass is 10.1. The molecule has 6 nitrogen and oxygen atoms in total. The highest BCUT2D eigenvalue weighted by atomic mass is 32.1. The molecule has 140 valence electrons. The summed E-state index contributed by atoms with van der Waals surface area (Å²) in [6.07, 6.45) is 6.19. The third-order valence-electron chi connectivity index (χ3n) is 4.98. The number of aryl methyl sites for hydroxylation is 1. The highest BCUT2D eigenvalue weighted by Crippen LogP contribution is 2.24. The van der Waals surface area contributed by atoms with E-state index in [4.69, 9.17) is 0 Å². The number of aromatic nitrogens is 2. The Balaban J connectivity index is 1.68. The van der Waals surface area contributed by atoms with Crippen molar-refractivity contribution in [1.82, 2.24) is 14.9 Å². The first-order valence-electron chi connectivity index (χ1n) is 9.09. The third-order valence-corrected chi connectivity index (χ3v) is 5.97. The first-order chi connectivity index (χ1) is 12.6. The molecule has 1 aliphatic heterocycles. The maximum Gasteiger partial charge on any atom is 0.325 e. The molecule has 1 aliphatic rings. The molecular formula is C19H26N4O2S. The molecule has 0 unspecified atom stereocenters. The van der Waals surface area contributed by atoms with Crippen molar-refractivity contribution in [3.8, 4) is 0 Å². The van der Waals surface area contributed by atoms with Crippen molar-refractivity contribution < 1.29 is 9.90 Å². The number of thiazole rings is 1. The quantitative estimate of drug-likeness (QED) is 0.803. The van der Waals surface area contributed by atoms with Gasteiger partial charge in [0.25, 0.3) is 0 Å². The summed E-state index contributed by atoms with van der Waals surface area (Å²) in [5, 5.41) is 9.74. The summed E-state index contributed by atoms with van der Waals surface area (Å²) in [4.78, 5) is 26.0. The zero-order chi connectivity index (χ0) is 18.5. The molecule has 1 saturated heterocycles. The highest BCUT2D eigenvalue weighted by Gasteiger charge is 2.25. The molecule has 7 heteroatoms. The van der Waals surface area contributed by atoms with Crippen LogP contribution in [0, 0.1) is 6.92 Å². The maximum absolute atomic E-state index is 11.9. The number of carboxylic acids is 1. The van der Waals surface area contributed by atoms with Crippen molar-refractivity contribution in [2.75, 3.05) is 31.6 Å². The van der Waals surface area contributed by atoms with Crippen molar-refractivity contribution in [2.45, 2.75) is 38.6 Å². The van der Waals surface area contributed by atoms with Crippen LogP contribution in [-0.2, 0) is 11.2 Å². The van der Waals surface area contributed by atoms with E-state index < -0.39 is 12.0 Å². The average molecular weight is 375 g/mol. The van der Waals surface area contributed by atoms with E-state index in [-0.39, 0.29) is 0 Å². The Morgan fingerprint density at radius 3 is 2.65 bits per heavy atom. The van der Waals surface area contributed by atoms with Gasteiger partial charge in [0, 0.05) is 30.7 Å². The van der Waals surface area contributed by atoms with Crippen molar-refractivity contribution in [2.24, 2.45) is 0 Å². The number of carboxylic acid groups (broad SMARTS) is 1. The number of likely N-dealkylation sites (N-methyl/N-ethyl adjacent to an activating group) is 1. The van der Waals surface area contributed by atoms with Crippen LogP contribution in [-0.4, -0.2) is 52.6 Å². The normalized spacial score (nSPS) is 16.0. The molecule has 0 amide bonds. The van der Waals surface area contributed by atoms with Gasteiger partial charge < -0.3 is 10.0 Å². The van der Waals surface area contributed by atoms with Crippen LogP contribution in [0.4, 0.5) is 5.82 Å². The Bertz CT molecular complexity index is 725. The Hall–Kier alpha value is -1.99. The maximum atomic E-state index is 11.9. The molecule has 1 atom stereocenters. The van der Waals surface area contributed by atoms with Gasteiger partial charge in [-0.25, -0.2) is 9.97 Å². The molecule has 0 radical (unpaired) electrons. The largest absolute Gasteiger partial charge is 0.480 e. The molecule has 0 aliphatic carbocycles. The molecule has 0 aromatic carbocycles. The van der Waals surface area contributed by atoms with Crippen LogP contribution in [0.5, 0.6) is 0 Å². The van der Waals surface area contributed by atoms with Crippen LogP contribution in [0.2, 0.25) is 0 Å². The van der Waals surface area contributed by atoms with Crippen molar-refractivity contribution >= 4 is 23.1 Å². The number of hydrogen-bond donors (Lipinski definition) is 1. The van der Waals surface area contributed by atoms with Crippen LogP contribution in [0.1, 0.15) is 41.4 Å². The first kappa shape index (κ1) is 18.8. The van der Waals surface area contributed by atoms with E-state index in [0.29, 0.717) is 6.54 Å². The summed E-state index contributed by atoms with van der Waals surface area (Å²) in [6, 6.07) is 3.17. The fourth-order valence-corrected chi connectivity index (χ4v) is 4.20. The summed E-state index contributed by atoms with van der Waals surface area (Å²) < 4.78 is 0. The predicted octanol–water partition coefficient (Wildman–Crippen LogP) is 3.14. The van der Waals surface area contributed by atoms with Crippen molar-refractivity contribution in [3.05, 3.63) is 40.0 Å². The summed E-state index contributed by atoms with van der Waals surface area (Å²) in [7, 11) is 1.85. The molecule has 0 saturated carbocycles. The molecule has 0 bridgehead atoms. The van der Waals surface area contributed by atoms with Gasteiger partial charge in [-0.1, -0.05) is 6.07 Å². The van der Waals surface area contributed by atoms with E-state index in [9.17, 15) is 9.90 Å². The smallest absolute Gasteiger partial charge is 0.325 e. The van der Waals surface area contributed by atoms with Crippen LogP contribution >= 0.6 is 11.3 Å². The van der Waals surface area contributed by atoms with Gasteiger partial charge in [-0.15, -0.1) is 11.3 Å². The molecule has 3 heterocycles. The summed E-state index contributed by atoms with van der Waals surface area (Å²) in [5.74, 6) is 0.0987. The van der Waals surface area contributed by atoms with E-state index in [1.54, 1.807) is 17.5 Å². The molecule has 0 spiro atoms. The fourth-order valence-electron chi connectivity index (χ4n) is 3.43. The first-order valence-corrected chi connectivity index (χ1v) is 9.97. The van der Waals surface area contributed by atoms with Gasteiger partial charge in [-0.05, 0) is 51.3 Å². The van der Waals surface area contributed by atoms with Gasteiger partial charge in [0.2, 0.25) is 0 Å². The lowest BCUT2D eigenvalue weighted by molar-refractivity contribution is -0.143. The number of hydrogen-bond acceptors (Lipinski definition) is 6. The van der Waals surface area contributed by atoms with E-state index in [0.717, 1.165) is 36.6 Å². The lowest BCUT2D eigenvalue weighted by Crippen LogP contribution is -2.33.